The van der Waals surface area contributed by atoms with Gasteiger partial charge in [-0.2, -0.15) is 0 Å². The van der Waals surface area contributed by atoms with Gasteiger partial charge in [-0.05, 0) is 63.8 Å². The van der Waals surface area contributed by atoms with Crippen LogP contribution in [0.15, 0.2) is 18.2 Å². The molecule has 1 heterocycles. The maximum Gasteiger partial charge on any atom is 0.410 e. The van der Waals surface area contributed by atoms with Crippen molar-refractivity contribution in [1.82, 2.24) is 4.90 Å². The number of likely N-dealkylation sites (tertiary alicyclic amines) is 1. The molecule has 1 aromatic rings. The van der Waals surface area contributed by atoms with E-state index in [1.807, 2.05) is 37.8 Å². The summed E-state index contributed by atoms with van der Waals surface area (Å²) in [6.45, 7) is 6.39. The lowest BCUT2D eigenvalue weighted by Crippen LogP contribution is -2.40. The third-order valence-corrected chi connectivity index (χ3v) is 3.84. The van der Waals surface area contributed by atoms with Crippen molar-refractivity contribution in [2.45, 2.75) is 51.7 Å². The molecule has 0 bridgehead atoms. The van der Waals surface area contributed by atoms with E-state index < -0.39 is 5.60 Å². The Balaban J connectivity index is 2.06. The predicted octanol–water partition coefficient (Wildman–Crippen LogP) is 4.94. The first-order valence-electron chi connectivity index (χ1n) is 7.19. The molecular weight excluding hydrogens is 309 g/mol. The van der Waals surface area contributed by atoms with Gasteiger partial charge in [0.15, 0.2) is 0 Å². The van der Waals surface area contributed by atoms with E-state index in [9.17, 15) is 4.79 Å². The van der Waals surface area contributed by atoms with E-state index in [0.717, 1.165) is 31.4 Å². The number of benzene rings is 1. The highest BCUT2D eigenvalue weighted by atomic mass is 35.5. The first kappa shape index (κ1) is 16.4. The van der Waals surface area contributed by atoms with Crippen LogP contribution in [0.25, 0.3) is 0 Å². The minimum absolute atomic E-state index is 0.148. The molecule has 0 aromatic heterocycles. The van der Waals surface area contributed by atoms with E-state index in [4.69, 9.17) is 27.9 Å². The molecule has 1 amide bonds. The van der Waals surface area contributed by atoms with E-state index in [-0.39, 0.29) is 12.1 Å². The molecule has 5 heteroatoms. The molecule has 2 rings (SSSR count). The Morgan fingerprint density at radius 2 is 1.90 bits per heavy atom. The van der Waals surface area contributed by atoms with Gasteiger partial charge in [0.1, 0.15) is 5.60 Å². The van der Waals surface area contributed by atoms with Crippen molar-refractivity contribution in [3.63, 3.8) is 0 Å². The molecule has 1 atom stereocenters. The highest BCUT2D eigenvalue weighted by molar-refractivity contribution is 6.34. The first-order valence-corrected chi connectivity index (χ1v) is 7.95. The topological polar surface area (TPSA) is 29.5 Å². The highest BCUT2D eigenvalue weighted by Crippen LogP contribution is 2.26. The largest absolute Gasteiger partial charge is 0.444 e. The van der Waals surface area contributed by atoms with Gasteiger partial charge in [-0.15, -0.1) is 0 Å². The Kier molecular flexibility index (Phi) is 5.05. The summed E-state index contributed by atoms with van der Waals surface area (Å²) >= 11 is 12.1. The summed E-state index contributed by atoms with van der Waals surface area (Å²) in [6.07, 6.45) is 2.49. The summed E-state index contributed by atoms with van der Waals surface area (Å²) in [6, 6.07) is 5.67. The molecule has 0 spiro atoms. The van der Waals surface area contributed by atoms with Crippen LogP contribution in [0.4, 0.5) is 4.79 Å². The van der Waals surface area contributed by atoms with Gasteiger partial charge in [-0.25, -0.2) is 4.79 Å². The van der Waals surface area contributed by atoms with Crippen molar-refractivity contribution in [3.05, 3.63) is 33.8 Å². The number of rotatable bonds is 2. The van der Waals surface area contributed by atoms with Crippen LogP contribution in [0.5, 0.6) is 0 Å². The molecule has 3 nitrogen and oxygen atoms in total. The van der Waals surface area contributed by atoms with Gasteiger partial charge < -0.3 is 9.64 Å². The Labute approximate surface area is 136 Å². The van der Waals surface area contributed by atoms with Crippen molar-refractivity contribution in [3.8, 4) is 0 Å². The minimum atomic E-state index is -0.469. The summed E-state index contributed by atoms with van der Waals surface area (Å²) in [5, 5.41) is 1.25. The average Bonchev–Trinajstić information content (AvgIpc) is 2.73. The molecule has 1 saturated heterocycles. The van der Waals surface area contributed by atoms with Crippen LogP contribution in [-0.4, -0.2) is 29.2 Å². The third-order valence-electron chi connectivity index (χ3n) is 3.40. The maximum absolute atomic E-state index is 12.2. The lowest BCUT2D eigenvalue weighted by atomic mass is 10.0. The van der Waals surface area contributed by atoms with Crippen molar-refractivity contribution < 1.29 is 9.53 Å². The van der Waals surface area contributed by atoms with Gasteiger partial charge in [-0.3, -0.25) is 0 Å². The number of hydrogen-bond acceptors (Lipinski definition) is 2. The van der Waals surface area contributed by atoms with Gasteiger partial charge in [0.25, 0.3) is 0 Å². The number of hydrogen-bond donors (Lipinski definition) is 0. The summed E-state index contributed by atoms with van der Waals surface area (Å²) in [5.74, 6) is 0. The number of amides is 1. The number of halogens is 2. The molecule has 1 fully saturated rings. The second-order valence-electron chi connectivity index (χ2n) is 6.45. The van der Waals surface area contributed by atoms with Gasteiger partial charge >= 0.3 is 6.09 Å². The van der Waals surface area contributed by atoms with Crippen molar-refractivity contribution in [2.75, 3.05) is 6.54 Å². The van der Waals surface area contributed by atoms with Gasteiger partial charge in [0, 0.05) is 22.6 Å². The van der Waals surface area contributed by atoms with Crippen LogP contribution in [0, 0.1) is 0 Å². The van der Waals surface area contributed by atoms with Crippen LogP contribution >= 0.6 is 23.2 Å². The molecule has 0 radical (unpaired) electrons. The Morgan fingerprint density at radius 3 is 2.48 bits per heavy atom. The van der Waals surface area contributed by atoms with E-state index in [1.165, 1.54) is 0 Å². The zero-order valence-corrected chi connectivity index (χ0v) is 14.2. The smallest absolute Gasteiger partial charge is 0.410 e. The lowest BCUT2D eigenvalue weighted by Gasteiger charge is -2.28. The molecule has 0 N–H and O–H groups in total. The monoisotopic (exact) mass is 329 g/mol. The molecule has 1 aromatic carbocycles. The Morgan fingerprint density at radius 1 is 1.29 bits per heavy atom. The zero-order chi connectivity index (χ0) is 15.6. The van der Waals surface area contributed by atoms with Crippen LogP contribution in [-0.2, 0) is 11.2 Å². The number of ether oxygens (including phenoxy) is 1. The molecular formula is C16H21Cl2NO2. The summed E-state index contributed by atoms with van der Waals surface area (Å²) in [7, 11) is 0. The number of nitrogens with zero attached hydrogens (tertiary/aromatic N) is 1. The summed E-state index contributed by atoms with van der Waals surface area (Å²) in [5.41, 5.74) is 0.580. The minimum Gasteiger partial charge on any atom is -0.444 e. The number of carbonyl (C=O) groups is 1. The highest BCUT2D eigenvalue weighted by Gasteiger charge is 2.32. The van der Waals surface area contributed by atoms with E-state index >= 15 is 0 Å². The summed E-state index contributed by atoms with van der Waals surface area (Å²) < 4.78 is 5.47. The first-order chi connectivity index (χ1) is 9.74. The molecule has 21 heavy (non-hydrogen) atoms. The molecule has 0 saturated carbocycles. The predicted molar refractivity (Wildman–Crippen MR) is 86.1 cm³/mol. The fraction of sp³-hybridized carbons (Fsp3) is 0.562. The van der Waals surface area contributed by atoms with Crippen LogP contribution in [0.3, 0.4) is 0 Å². The Bertz CT molecular complexity index is 505. The van der Waals surface area contributed by atoms with Crippen LogP contribution in [0.1, 0.15) is 39.2 Å². The fourth-order valence-electron chi connectivity index (χ4n) is 2.61. The zero-order valence-electron chi connectivity index (χ0n) is 12.7. The molecule has 1 aliphatic heterocycles. The Hall–Kier alpha value is -0.930. The van der Waals surface area contributed by atoms with Crippen molar-refractivity contribution in [2.24, 2.45) is 0 Å². The molecule has 0 aliphatic carbocycles. The molecule has 1 aliphatic rings. The average molecular weight is 330 g/mol. The maximum atomic E-state index is 12.2. The van der Waals surface area contributed by atoms with Gasteiger partial charge in [-0.1, -0.05) is 23.2 Å². The van der Waals surface area contributed by atoms with E-state index in [2.05, 4.69) is 0 Å². The van der Waals surface area contributed by atoms with Crippen molar-refractivity contribution >= 4 is 29.3 Å². The lowest BCUT2D eigenvalue weighted by molar-refractivity contribution is 0.0227. The molecule has 0 unspecified atom stereocenters. The van der Waals surface area contributed by atoms with Crippen LogP contribution < -0.4 is 0 Å². The second-order valence-corrected chi connectivity index (χ2v) is 7.32. The quantitative estimate of drug-likeness (QED) is 0.769. The SMILES string of the molecule is CC(C)(C)OC(=O)N1CCC[C@H]1Cc1cc(Cl)cc(Cl)c1. The van der Waals surface area contributed by atoms with E-state index in [1.54, 1.807) is 6.07 Å². The van der Waals surface area contributed by atoms with Gasteiger partial charge in [0.05, 0.1) is 0 Å². The summed E-state index contributed by atoms with van der Waals surface area (Å²) in [4.78, 5) is 14.1. The van der Waals surface area contributed by atoms with Gasteiger partial charge in [0.2, 0.25) is 0 Å². The fourth-order valence-corrected chi connectivity index (χ4v) is 3.18. The molecule has 116 valence electrons. The standard InChI is InChI=1S/C16H21Cl2NO2/c1-16(2,3)21-15(20)19-6-4-5-14(19)9-11-7-12(17)10-13(18)8-11/h7-8,10,14H,4-6,9H2,1-3H3/t14-/m0/s1. The number of carbonyl (C=O) groups excluding carboxylic acids is 1. The van der Waals surface area contributed by atoms with Crippen molar-refractivity contribution in [1.29, 1.82) is 0 Å². The van der Waals surface area contributed by atoms with E-state index in [0.29, 0.717) is 10.0 Å². The second kappa shape index (κ2) is 6.45. The van der Waals surface area contributed by atoms with Crippen LogP contribution in [0.2, 0.25) is 10.0 Å². The normalized spacial score (nSPS) is 18.9. The third kappa shape index (κ3) is 4.79.